The number of halogens is 2. The first-order chi connectivity index (χ1) is 16.9. The standard InChI is InChI=1S/C26H30Cl2N4O3/c27-19-7-6-8-20(17-19)29-26(35)32-15-11-18(12-16-32)23(25(34)31-13-4-1-5-14-31)30-24(33)21-9-2-3-10-22(21)28/h2-3,6-10,17-18,23H,1,4-5,11-16H2,(H,29,35)(H,30,33)/t23-/m1/s1. The molecule has 0 unspecified atom stereocenters. The number of anilines is 1. The summed E-state index contributed by atoms with van der Waals surface area (Å²) in [5, 5.41) is 6.76. The number of rotatable bonds is 5. The first kappa shape index (κ1) is 25.3. The highest BCUT2D eigenvalue weighted by atomic mass is 35.5. The number of nitrogens with one attached hydrogen (secondary N) is 2. The Morgan fingerprint density at radius 3 is 2.26 bits per heavy atom. The fourth-order valence-corrected chi connectivity index (χ4v) is 5.17. The zero-order chi connectivity index (χ0) is 24.8. The van der Waals surface area contributed by atoms with Gasteiger partial charge in [-0.2, -0.15) is 0 Å². The first-order valence-corrected chi connectivity index (χ1v) is 12.8. The molecule has 4 rings (SSSR count). The Labute approximate surface area is 215 Å². The number of urea groups is 1. The van der Waals surface area contributed by atoms with E-state index in [2.05, 4.69) is 10.6 Å². The van der Waals surface area contributed by atoms with Gasteiger partial charge in [0.05, 0.1) is 10.6 Å². The maximum absolute atomic E-state index is 13.5. The van der Waals surface area contributed by atoms with Gasteiger partial charge in [0.15, 0.2) is 0 Å². The second-order valence-corrected chi connectivity index (χ2v) is 9.93. The van der Waals surface area contributed by atoms with Gasteiger partial charge in [-0.25, -0.2) is 4.79 Å². The normalized spacial score (nSPS) is 17.5. The minimum atomic E-state index is -0.657. The minimum absolute atomic E-state index is 0.0491. The van der Waals surface area contributed by atoms with Crippen LogP contribution in [0.2, 0.25) is 10.0 Å². The Hall–Kier alpha value is -2.77. The van der Waals surface area contributed by atoms with Gasteiger partial charge in [0.25, 0.3) is 5.91 Å². The number of amides is 4. The third-order valence-corrected chi connectivity index (χ3v) is 7.28. The Kier molecular flexibility index (Phi) is 8.52. The van der Waals surface area contributed by atoms with Crippen LogP contribution in [0.3, 0.4) is 0 Å². The summed E-state index contributed by atoms with van der Waals surface area (Å²) >= 11 is 12.2. The summed E-state index contributed by atoms with van der Waals surface area (Å²) in [7, 11) is 0. The van der Waals surface area contributed by atoms with Crippen LogP contribution in [0.1, 0.15) is 42.5 Å². The van der Waals surface area contributed by atoms with E-state index >= 15 is 0 Å². The van der Waals surface area contributed by atoms with Crippen molar-refractivity contribution in [2.45, 2.75) is 38.1 Å². The molecule has 2 aliphatic heterocycles. The second-order valence-electron chi connectivity index (χ2n) is 9.08. The number of carbonyl (C=O) groups is 3. The van der Waals surface area contributed by atoms with Crippen molar-refractivity contribution >= 4 is 46.7 Å². The SMILES string of the molecule is O=C(N[C@@H](C(=O)N1CCCCC1)C1CCN(C(=O)Nc2cccc(Cl)c2)CC1)c1ccccc1Cl. The summed E-state index contributed by atoms with van der Waals surface area (Å²) in [5.41, 5.74) is 0.985. The Bertz CT molecular complexity index is 1070. The minimum Gasteiger partial charge on any atom is -0.341 e. The van der Waals surface area contributed by atoms with Crippen LogP contribution in [0.15, 0.2) is 48.5 Å². The lowest BCUT2D eigenvalue weighted by Crippen LogP contribution is -2.55. The van der Waals surface area contributed by atoms with Crippen molar-refractivity contribution in [3.05, 3.63) is 64.1 Å². The van der Waals surface area contributed by atoms with E-state index in [1.165, 1.54) is 0 Å². The molecule has 0 spiro atoms. The van der Waals surface area contributed by atoms with E-state index in [-0.39, 0.29) is 23.8 Å². The van der Waals surface area contributed by atoms with Crippen molar-refractivity contribution in [2.75, 3.05) is 31.5 Å². The molecular weight excluding hydrogens is 487 g/mol. The molecule has 2 aliphatic rings. The summed E-state index contributed by atoms with van der Waals surface area (Å²) in [5.74, 6) is -0.481. The molecule has 2 saturated heterocycles. The number of carbonyl (C=O) groups excluding carboxylic acids is 3. The van der Waals surface area contributed by atoms with Crippen molar-refractivity contribution in [3.63, 3.8) is 0 Å². The van der Waals surface area contributed by atoms with E-state index in [9.17, 15) is 14.4 Å². The molecule has 0 saturated carbocycles. The molecule has 35 heavy (non-hydrogen) atoms. The molecule has 9 heteroatoms. The summed E-state index contributed by atoms with van der Waals surface area (Å²) < 4.78 is 0. The molecule has 0 bridgehead atoms. The molecule has 2 fully saturated rings. The van der Waals surface area contributed by atoms with Crippen LogP contribution in [0.5, 0.6) is 0 Å². The second kappa shape index (κ2) is 11.8. The molecule has 2 heterocycles. The topological polar surface area (TPSA) is 81.8 Å². The van der Waals surface area contributed by atoms with Crippen molar-refractivity contribution in [3.8, 4) is 0 Å². The van der Waals surface area contributed by atoms with Crippen LogP contribution in [-0.2, 0) is 4.79 Å². The molecule has 186 valence electrons. The predicted octanol–water partition coefficient (Wildman–Crippen LogP) is 5.05. The van der Waals surface area contributed by atoms with Gasteiger partial charge in [-0.05, 0) is 68.4 Å². The Balaban J connectivity index is 1.43. The maximum atomic E-state index is 13.5. The smallest absolute Gasteiger partial charge is 0.321 e. The third-order valence-electron chi connectivity index (χ3n) is 6.71. The van der Waals surface area contributed by atoms with E-state index in [0.717, 1.165) is 19.3 Å². The van der Waals surface area contributed by atoms with Gasteiger partial charge in [-0.1, -0.05) is 41.4 Å². The first-order valence-electron chi connectivity index (χ1n) is 12.1. The lowest BCUT2D eigenvalue weighted by Gasteiger charge is -2.38. The Morgan fingerprint density at radius 2 is 1.57 bits per heavy atom. The average Bonchev–Trinajstić information content (AvgIpc) is 2.87. The van der Waals surface area contributed by atoms with E-state index in [1.807, 2.05) is 4.90 Å². The van der Waals surface area contributed by atoms with Gasteiger partial charge in [0.1, 0.15) is 6.04 Å². The van der Waals surface area contributed by atoms with Crippen molar-refractivity contribution < 1.29 is 14.4 Å². The van der Waals surface area contributed by atoms with Crippen molar-refractivity contribution in [2.24, 2.45) is 5.92 Å². The van der Waals surface area contributed by atoms with Crippen molar-refractivity contribution in [1.82, 2.24) is 15.1 Å². The number of hydrogen-bond acceptors (Lipinski definition) is 3. The zero-order valence-electron chi connectivity index (χ0n) is 19.5. The number of benzene rings is 2. The van der Waals surface area contributed by atoms with Crippen LogP contribution in [0.4, 0.5) is 10.5 Å². The number of nitrogens with zero attached hydrogens (tertiary/aromatic N) is 2. The summed E-state index contributed by atoms with van der Waals surface area (Å²) in [6.45, 7) is 2.39. The number of piperidine rings is 2. The molecule has 2 aromatic carbocycles. The number of likely N-dealkylation sites (tertiary alicyclic amines) is 2. The molecule has 7 nitrogen and oxygen atoms in total. The molecule has 4 amide bonds. The van der Waals surface area contributed by atoms with Crippen LogP contribution in [-0.4, -0.2) is 59.9 Å². The highest BCUT2D eigenvalue weighted by molar-refractivity contribution is 6.33. The summed E-state index contributed by atoms with van der Waals surface area (Å²) in [4.78, 5) is 42.9. The molecule has 2 aromatic rings. The molecule has 0 radical (unpaired) electrons. The fourth-order valence-electron chi connectivity index (χ4n) is 4.76. The van der Waals surface area contributed by atoms with Crippen LogP contribution in [0.25, 0.3) is 0 Å². The summed E-state index contributed by atoms with van der Waals surface area (Å²) in [6.07, 6.45) is 4.27. The molecule has 0 aliphatic carbocycles. The highest BCUT2D eigenvalue weighted by Crippen LogP contribution is 2.25. The average molecular weight is 517 g/mol. The molecule has 0 aromatic heterocycles. The fraction of sp³-hybridized carbons (Fsp3) is 0.423. The highest BCUT2D eigenvalue weighted by Gasteiger charge is 2.36. The van der Waals surface area contributed by atoms with Crippen LogP contribution >= 0.6 is 23.2 Å². The van der Waals surface area contributed by atoms with Gasteiger partial charge in [0.2, 0.25) is 5.91 Å². The van der Waals surface area contributed by atoms with Crippen LogP contribution in [0, 0.1) is 5.92 Å². The van der Waals surface area contributed by atoms with Gasteiger partial charge in [-0.3, -0.25) is 9.59 Å². The third kappa shape index (κ3) is 6.47. The van der Waals surface area contributed by atoms with E-state index in [0.29, 0.717) is 60.3 Å². The molecular formula is C26H30Cl2N4O3. The van der Waals surface area contributed by atoms with Gasteiger partial charge < -0.3 is 20.4 Å². The predicted molar refractivity (Wildman–Crippen MR) is 138 cm³/mol. The van der Waals surface area contributed by atoms with E-state index < -0.39 is 6.04 Å². The van der Waals surface area contributed by atoms with Gasteiger partial charge in [-0.15, -0.1) is 0 Å². The van der Waals surface area contributed by atoms with Crippen LogP contribution < -0.4 is 10.6 Å². The quantitative estimate of drug-likeness (QED) is 0.583. The van der Waals surface area contributed by atoms with E-state index in [1.54, 1.807) is 53.4 Å². The lowest BCUT2D eigenvalue weighted by atomic mass is 9.88. The zero-order valence-corrected chi connectivity index (χ0v) is 21.0. The Morgan fingerprint density at radius 1 is 0.857 bits per heavy atom. The number of hydrogen-bond donors (Lipinski definition) is 2. The molecule has 1 atom stereocenters. The van der Waals surface area contributed by atoms with E-state index in [4.69, 9.17) is 23.2 Å². The lowest BCUT2D eigenvalue weighted by molar-refractivity contribution is -0.136. The summed E-state index contributed by atoms with van der Waals surface area (Å²) in [6, 6.07) is 13.0. The maximum Gasteiger partial charge on any atom is 0.321 e. The largest absolute Gasteiger partial charge is 0.341 e. The van der Waals surface area contributed by atoms with Gasteiger partial charge >= 0.3 is 6.03 Å². The van der Waals surface area contributed by atoms with Gasteiger partial charge in [0, 0.05) is 36.9 Å². The monoisotopic (exact) mass is 516 g/mol. The molecule has 2 N–H and O–H groups in total. The van der Waals surface area contributed by atoms with Crippen molar-refractivity contribution in [1.29, 1.82) is 0 Å².